The summed E-state index contributed by atoms with van der Waals surface area (Å²) >= 11 is 0. The summed E-state index contributed by atoms with van der Waals surface area (Å²) in [6, 6.07) is -1.89. The lowest BCUT2D eigenvalue weighted by atomic mass is 10.0. The van der Waals surface area contributed by atoms with E-state index in [-0.39, 0.29) is 6.04 Å². The minimum atomic E-state index is -1.29. The number of carbonyl (C=O) groups excluding carboxylic acids is 1. The highest BCUT2D eigenvalue weighted by Crippen LogP contribution is 2.06. The number of urea groups is 1. The fourth-order valence-electron chi connectivity index (χ4n) is 1.45. The first-order valence-corrected chi connectivity index (χ1v) is 6.22. The van der Waals surface area contributed by atoms with E-state index in [1.165, 1.54) is 6.92 Å². The molecule has 6 heteroatoms. The molecule has 0 saturated heterocycles. The van der Waals surface area contributed by atoms with Gasteiger partial charge in [-0.25, -0.2) is 9.59 Å². The number of aliphatic hydroxyl groups is 1. The second kappa shape index (κ2) is 7.92. The van der Waals surface area contributed by atoms with Gasteiger partial charge in [0.15, 0.2) is 6.04 Å². The van der Waals surface area contributed by atoms with E-state index in [0.717, 1.165) is 12.8 Å². The van der Waals surface area contributed by atoms with E-state index in [0.29, 0.717) is 5.92 Å². The van der Waals surface area contributed by atoms with Gasteiger partial charge in [0.2, 0.25) is 0 Å². The number of amides is 2. The standard InChI is InChI=1S/C12H24N2O4/c1-7(2)5-6-8(3)13-12(18)14-10(9(4)15)11(16)17/h7-10,15H,5-6H2,1-4H3,(H,16,17)(H2,13,14,18). The molecule has 0 radical (unpaired) electrons. The quantitative estimate of drug-likeness (QED) is 0.547. The monoisotopic (exact) mass is 260 g/mol. The van der Waals surface area contributed by atoms with Gasteiger partial charge in [0.1, 0.15) is 0 Å². The third kappa shape index (κ3) is 7.11. The lowest BCUT2D eigenvalue weighted by molar-refractivity contribution is -0.141. The van der Waals surface area contributed by atoms with Gasteiger partial charge in [-0.1, -0.05) is 13.8 Å². The highest BCUT2D eigenvalue weighted by Gasteiger charge is 2.25. The normalized spacial score (nSPS) is 15.9. The van der Waals surface area contributed by atoms with E-state index in [1.807, 2.05) is 6.92 Å². The Morgan fingerprint density at radius 2 is 1.61 bits per heavy atom. The van der Waals surface area contributed by atoms with Gasteiger partial charge in [-0.05, 0) is 32.6 Å². The average Bonchev–Trinajstić information content (AvgIpc) is 2.22. The molecule has 106 valence electrons. The summed E-state index contributed by atoms with van der Waals surface area (Å²) < 4.78 is 0. The van der Waals surface area contributed by atoms with Gasteiger partial charge in [0.05, 0.1) is 6.10 Å². The molecule has 0 aromatic rings. The minimum absolute atomic E-state index is 0.0316. The van der Waals surface area contributed by atoms with Crippen LogP contribution in [0.3, 0.4) is 0 Å². The molecule has 6 nitrogen and oxygen atoms in total. The van der Waals surface area contributed by atoms with E-state index < -0.39 is 24.1 Å². The van der Waals surface area contributed by atoms with Gasteiger partial charge in [0, 0.05) is 6.04 Å². The van der Waals surface area contributed by atoms with Crippen molar-refractivity contribution >= 4 is 12.0 Å². The van der Waals surface area contributed by atoms with Gasteiger partial charge in [0.25, 0.3) is 0 Å². The molecule has 0 bridgehead atoms. The van der Waals surface area contributed by atoms with Crippen molar-refractivity contribution in [2.24, 2.45) is 5.92 Å². The highest BCUT2D eigenvalue weighted by molar-refractivity contribution is 5.83. The molecule has 2 amide bonds. The van der Waals surface area contributed by atoms with Crippen molar-refractivity contribution in [3.05, 3.63) is 0 Å². The Bertz CT molecular complexity index is 279. The zero-order valence-corrected chi connectivity index (χ0v) is 11.4. The predicted octanol–water partition coefficient (Wildman–Crippen LogP) is 0.944. The zero-order chi connectivity index (χ0) is 14.3. The van der Waals surface area contributed by atoms with Crippen LogP contribution in [0.1, 0.15) is 40.5 Å². The summed E-state index contributed by atoms with van der Waals surface area (Å²) in [6.45, 7) is 7.38. The summed E-state index contributed by atoms with van der Waals surface area (Å²) in [4.78, 5) is 22.3. The number of rotatable bonds is 7. The topological polar surface area (TPSA) is 98.7 Å². The van der Waals surface area contributed by atoms with Crippen LogP contribution in [-0.4, -0.2) is 40.4 Å². The smallest absolute Gasteiger partial charge is 0.328 e. The minimum Gasteiger partial charge on any atom is -0.480 e. The van der Waals surface area contributed by atoms with Crippen molar-refractivity contribution in [2.75, 3.05) is 0 Å². The Morgan fingerprint density at radius 3 is 2.00 bits per heavy atom. The number of hydrogen-bond acceptors (Lipinski definition) is 3. The second-order valence-electron chi connectivity index (χ2n) is 5.05. The number of carboxylic acid groups (broad SMARTS) is 1. The maximum Gasteiger partial charge on any atom is 0.328 e. The maximum absolute atomic E-state index is 11.5. The molecule has 0 saturated carbocycles. The van der Waals surface area contributed by atoms with E-state index in [4.69, 9.17) is 5.11 Å². The fraction of sp³-hybridized carbons (Fsp3) is 0.833. The Hall–Kier alpha value is -1.30. The van der Waals surface area contributed by atoms with Crippen molar-refractivity contribution in [3.8, 4) is 0 Å². The third-order valence-electron chi connectivity index (χ3n) is 2.59. The van der Waals surface area contributed by atoms with Gasteiger partial charge >= 0.3 is 12.0 Å². The first-order valence-electron chi connectivity index (χ1n) is 6.22. The first-order chi connectivity index (χ1) is 8.23. The summed E-state index contributed by atoms with van der Waals surface area (Å²) in [6.07, 6.45) is 0.678. The van der Waals surface area contributed by atoms with E-state index in [2.05, 4.69) is 24.5 Å². The van der Waals surface area contributed by atoms with Crippen LogP contribution in [0, 0.1) is 5.92 Å². The summed E-state index contributed by atoms with van der Waals surface area (Å²) in [7, 11) is 0. The molecule has 0 aromatic heterocycles. The summed E-state index contributed by atoms with van der Waals surface area (Å²) in [5.41, 5.74) is 0. The number of carboxylic acids is 1. The molecule has 0 heterocycles. The Balaban J connectivity index is 4.12. The Labute approximate surface area is 108 Å². The fourth-order valence-corrected chi connectivity index (χ4v) is 1.45. The first kappa shape index (κ1) is 16.7. The lowest BCUT2D eigenvalue weighted by Crippen LogP contribution is -2.52. The van der Waals surface area contributed by atoms with Crippen LogP contribution in [-0.2, 0) is 4.79 Å². The highest BCUT2D eigenvalue weighted by atomic mass is 16.4. The van der Waals surface area contributed by atoms with E-state index in [1.54, 1.807) is 0 Å². The van der Waals surface area contributed by atoms with Crippen LogP contribution in [0.2, 0.25) is 0 Å². The van der Waals surface area contributed by atoms with Gasteiger partial charge in [-0.15, -0.1) is 0 Å². The van der Waals surface area contributed by atoms with Gasteiger partial charge in [-0.3, -0.25) is 0 Å². The molecule has 0 rings (SSSR count). The molecule has 0 fully saturated rings. The summed E-state index contributed by atoms with van der Waals surface area (Å²) in [5, 5.41) is 22.9. The van der Waals surface area contributed by atoms with Crippen LogP contribution in [0.25, 0.3) is 0 Å². The third-order valence-corrected chi connectivity index (χ3v) is 2.59. The van der Waals surface area contributed by atoms with E-state index in [9.17, 15) is 14.7 Å². The molecule has 0 aliphatic rings. The average molecular weight is 260 g/mol. The summed E-state index contributed by atoms with van der Waals surface area (Å²) in [5.74, 6) is -0.698. The van der Waals surface area contributed by atoms with Crippen LogP contribution < -0.4 is 10.6 Å². The van der Waals surface area contributed by atoms with Crippen molar-refractivity contribution in [1.29, 1.82) is 0 Å². The van der Waals surface area contributed by atoms with Crippen LogP contribution >= 0.6 is 0 Å². The zero-order valence-electron chi connectivity index (χ0n) is 11.4. The number of carbonyl (C=O) groups is 2. The Morgan fingerprint density at radius 1 is 1.06 bits per heavy atom. The maximum atomic E-state index is 11.5. The molecule has 0 spiro atoms. The van der Waals surface area contributed by atoms with Crippen molar-refractivity contribution in [2.45, 2.75) is 58.7 Å². The number of aliphatic hydroxyl groups excluding tert-OH is 1. The molecule has 3 unspecified atom stereocenters. The number of aliphatic carboxylic acids is 1. The number of nitrogens with one attached hydrogen (secondary N) is 2. The van der Waals surface area contributed by atoms with Gasteiger partial charge < -0.3 is 20.8 Å². The molecule has 3 atom stereocenters. The Kier molecular flexibility index (Phi) is 7.35. The predicted molar refractivity (Wildman–Crippen MR) is 68.3 cm³/mol. The number of hydrogen-bond donors (Lipinski definition) is 4. The van der Waals surface area contributed by atoms with Crippen molar-refractivity contribution in [1.82, 2.24) is 10.6 Å². The molecule has 0 aliphatic heterocycles. The molecular formula is C12H24N2O4. The molecule has 0 aliphatic carbocycles. The molecule has 0 aromatic carbocycles. The molecular weight excluding hydrogens is 236 g/mol. The largest absolute Gasteiger partial charge is 0.480 e. The van der Waals surface area contributed by atoms with Crippen LogP contribution in [0.5, 0.6) is 0 Å². The van der Waals surface area contributed by atoms with Crippen molar-refractivity contribution in [3.63, 3.8) is 0 Å². The van der Waals surface area contributed by atoms with Crippen LogP contribution in [0.4, 0.5) is 4.79 Å². The van der Waals surface area contributed by atoms with Crippen molar-refractivity contribution < 1.29 is 19.8 Å². The molecule has 4 N–H and O–H groups in total. The SMILES string of the molecule is CC(C)CCC(C)NC(=O)NC(C(=O)O)C(C)O. The molecule has 18 heavy (non-hydrogen) atoms. The lowest BCUT2D eigenvalue weighted by Gasteiger charge is -2.20. The van der Waals surface area contributed by atoms with Gasteiger partial charge in [-0.2, -0.15) is 0 Å². The second-order valence-corrected chi connectivity index (χ2v) is 5.05. The van der Waals surface area contributed by atoms with E-state index >= 15 is 0 Å². The van der Waals surface area contributed by atoms with Crippen LogP contribution in [0.15, 0.2) is 0 Å².